The number of carbonyl (C=O) groups is 1. The normalized spacial score (nSPS) is 11.1. The SMILES string of the molecule is CC(C)(C)OC(=O)c1ccc(-c2ccccn2)cc1. The Morgan fingerprint density at radius 2 is 1.74 bits per heavy atom. The Morgan fingerprint density at radius 3 is 2.26 bits per heavy atom. The van der Waals surface area contributed by atoms with Crippen molar-refractivity contribution >= 4 is 5.97 Å². The number of benzene rings is 1. The monoisotopic (exact) mass is 255 g/mol. The number of nitrogens with zero attached hydrogens (tertiary/aromatic N) is 1. The third-order valence-corrected chi connectivity index (χ3v) is 2.48. The van der Waals surface area contributed by atoms with Crippen molar-refractivity contribution in [2.45, 2.75) is 26.4 Å². The van der Waals surface area contributed by atoms with E-state index in [1.54, 1.807) is 18.3 Å². The molecule has 0 bridgehead atoms. The number of rotatable bonds is 2. The minimum Gasteiger partial charge on any atom is -0.456 e. The first-order valence-electron chi connectivity index (χ1n) is 6.20. The highest BCUT2D eigenvalue weighted by molar-refractivity contribution is 5.90. The molecule has 0 spiro atoms. The molecule has 2 rings (SSSR count). The highest BCUT2D eigenvalue weighted by atomic mass is 16.6. The molecule has 0 aliphatic heterocycles. The van der Waals surface area contributed by atoms with E-state index < -0.39 is 5.60 Å². The lowest BCUT2D eigenvalue weighted by atomic mass is 10.1. The largest absolute Gasteiger partial charge is 0.456 e. The van der Waals surface area contributed by atoms with Crippen molar-refractivity contribution in [2.24, 2.45) is 0 Å². The smallest absolute Gasteiger partial charge is 0.338 e. The predicted octanol–water partition coefficient (Wildman–Crippen LogP) is 3.70. The van der Waals surface area contributed by atoms with Gasteiger partial charge in [0.05, 0.1) is 11.3 Å². The van der Waals surface area contributed by atoms with E-state index in [4.69, 9.17) is 4.74 Å². The van der Waals surface area contributed by atoms with Crippen LogP contribution in [-0.2, 0) is 4.74 Å². The number of esters is 1. The minimum atomic E-state index is -0.475. The molecule has 0 fully saturated rings. The lowest BCUT2D eigenvalue weighted by Gasteiger charge is -2.19. The van der Waals surface area contributed by atoms with Gasteiger partial charge in [-0.15, -0.1) is 0 Å². The van der Waals surface area contributed by atoms with Gasteiger partial charge in [-0.1, -0.05) is 18.2 Å². The molecule has 19 heavy (non-hydrogen) atoms. The Bertz CT molecular complexity index is 554. The van der Waals surface area contributed by atoms with Gasteiger partial charge >= 0.3 is 5.97 Å². The van der Waals surface area contributed by atoms with E-state index in [1.807, 2.05) is 51.1 Å². The average molecular weight is 255 g/mol. The maximum atomic E-state index is 11.9. The summed E-state index contributed by atoms with van der Waals surface area (Å²) in [6, 6.07) is 13.0. The molecule has 98 valence electrons. The van der Waals surface area contributed by atoms with Gasteiger partial charge in [0.2, 0.25) is 0 Å². The lowest BCUT2D eigenvalue weighted by molar-refractivity contribution is 0.00696. The van der Waals surface area contributed by atoms with E-state index in [0.717, 1.165) is 11.3 Å². The zero-order chi connectivity index (χ0) is 13.9. The summed E-state index contributed by atoms with van der Waals surface area (Å²) >= 11 is 0. The standard InChI is InChI=1S/C16H17NO2/c1-16(2,3)19-15(18)13-9-7-12(8-10-13)14-6-4-5-11-17-14/h4-11H,1-3H3. The highest BCUT2D eigenvalue weighted by Gasteiger charge is 2.17. The van der Waals surface area contributed by atoms with E-state index in [9.17, 15) is 4.79 Å². The van der Waals surface area contributed by atoms with Gasteiger partial charge in [-0.05, 0) is 45.0 Å². The Balaban J connectivity index is 2.17. The number of hydrogen-bond donors (Lipinski definition) is 0. The van der Waals surface area contributed by atoms with Gasteiger partial charge in [-0.25, -0.2) is 4.79 Å². The van der Waals surface area contributed by atoms with Crippen LogP contribution in [0.1, 0.15) is 31.1 Å². The van der Waals surface area contributed by atoms with Crippen LogP contribution in [0.3, 0.4) is 0 Å². The zero-order valence-corrected chi connectivity index (χ0v) is 11.4. The second kappa shape index (κ2) is 5.22. The number of aromatic nitrogens is 1. The maximum Gasteiger partial charge on any atom is 0.338 e. The lowest BCUT2D eigenvalue weighted by Crippen LogP contribution is -2.23. The molecular weight excluding hydrogens is 238 g/mol. The van der Waals surface area contributed by atoms with Gasteiger partial charge in [0, 0.05) is 11.8 Å². The fraction of sp³-hybridized carbons (Fsp3) is 0.250. The van der Waals surface area contributed by atoms with Crippen molar-refractivity contribution in [1.29, 1.82) is 0 Å². The molecule has 0 saturated heterocycles. The molecule has 0 unspecified atom stereocenters. The molecule has 2 aromatic rings. The fourth-order valence-electron chi connectivity index (χ4n) is 1.65. The summed E-state index contributed by atoms with van der Waals surface area (Å²) < 4.78 is 5.31. The molecule has 0 aliphatic rings. The molecule has 1 aromatic heterocycles. The molecule has 0 aliphatic carbocycles. The number of pyridine rings is 1. The van der Waals surface area contributed by atoms with E-state index in [0.29, 0.717) is 5.56 Å². The number of hydrogen-bond acceptors (Lipinski definition) is 3. The quantitative estimate of drug-likeness (QED) is 0.768. The van der Waals surface area contributed by atoms with Crippen LogP contribution in [-0.4, -0.2) is 16.6 Å². The van der Waals surface area contributed by atoms with Crippen LogP contribution in [0.5, 0.6) is 0 Å². The number of ether oxygens (including phenoxy) is 1. The summed E-state index contributed by atoms with van der Waals surface area (Å²) in [7, 11) is 0. The van der Waals surface area contributed by atoms with Crippen molar-refractivity contribution in [2.75, 3.05) is 0 Å². The molecule has 1 heterocycles. The third-order valence-electron chi connectivity index (χ3n) is 2.48. The molecule has 3 nitrogen and oxygen atoms in total. The highest BCUT2D eigenvalue weighted by Crippen LogP contribution is 2.18. The molecule has 0 atom stereocenters. The summed E-state index contributed by atoms with van der Waals surface area (Å²) in [5.41, 5.74) is 1.94. The van der Waals surface area contributed by atoms with Gasteiger partial charge in [0.1, 0.15) is 5.60 Å². The molecule has 0 saturated carbocycles. The molecule has 0 radical (unpaired) electrons. The van der Waals surface area contributed by atoms with Gasteiger partial charge < -0.3 is 4.74 Å². The van der Waals surface area contributed by atoms with Crippen LogP contribution in [0.4, 0.5) is 0 Å². The van der Waals surface area contributed by atoms with Crippen LogP contribution in [0.25, 0.3) is 11.3 Å². The summed E-state index contributed by atoms with van der Waals surface area (Å²) in [6.45, 7) is 5.56. The minimum absolute atomic E-state index is 0.305. The molecule has 3 heteroatoms. The zero-order valence-electron chi connectivity index (χ0n) is 11.4. The van der Waals surface area contributed by atoms with Crippen molar-refractivity contribution in [1.82, 2.24) is 4.98 Å². The molecule has 0 amide bonds. The third kappa shape index (κ3) is 3.65. The second-order valence-corrected chi connectivity index (χ2v) is 5.29. The summed E-state index contributed by atoms with van der Waals surface area (Å²) in [4.78, 5) is 16.1. The van der Waals surface area contributed by atoms with Gasteiger partial charge in [-0.3, -0.25) is 4.98 Å². The maximum absolute atomic E-state index is 11.9. The molecule has 0 N–H and O–H groups in total. The Hall–Kier alpha value is -2.16. The summed E-state index contributed by atoms with van der Waals surface area (Å²) in [6.07, 6.45) is 1.75. The first-order chi connectivity index (χ1) is 8.96. The molecular formula is C16H17NO2. The second-order valence-electron chi connectivity index (χ2n) is 5.29. The van der Waals surface area contributed by atoms with Crippen LogP contribution >= 0.6 is 0 Å². The van der Waals surface area contributed by atoms with Crippen molar-refractivity contribution in [3.8, 4) is 11.3 Å². The molecule has 1 aromatic carbocycles. The predicted molar refractivity (Wildman–Crippen MR) is 74.8 cm³/mol. The van der Waals surface area contributed by atoms with Crippen molar-refractivity contribution < 1.29 is 9.53 Å². The first-order valence-corrected chi connectivity index (χ1v) is 6.20. The van der Waals surface area contributed by atoms with Gasteiger partial charge in [0.15, 0.2) is 0 Å². The topological polar surface area (TPSA) is 39.2 Å². The van der Waals surface area contributed by atoms with E-state index in [-0.39, 0.29) is 5.97 Å². The average Bonchev–Trinajstić information content (AvgIpc) is 2.38. The fourth-order valence-corrected chi connectivity index (χ4v) is 1.65. The van der Waals surface area contributed by atoms with Crippen LogP contribution in [0, 0.1) is 0 Å². The summed E-state index contributed by atoms with van der Waals surface area (Å²) in [5.74, 6) is -0.305. The van der Waals surface area contributed by atoms with Crippen LogP contribution in [0.2, 0.25) is 0 Å². The van der Waals surface area contributed by atoms with Crippen LogP contribution < -0.4 is 0 Å². The van der Waals surface area contributed by atoms with E-state index in [1.165, 1.54) is 0 Å². The van der Waals surface area contributed by atoms with Crippen molar-refractivity contribution in [3.05, 3.63) is 54.2 Å². The first kappa shape index (κ1) is 13.3. The van der Waals surface area contributed by atoms with E-state index in [2.05, 4.69) is 4.98 Å². The summed E-state index contributed by atoms with van der Waals surface area (Å²) in [5, 5.41) is 0. The van der Waals surface area contributed by atoms with Gasteiger partial charge in [-0.2, -0.15) is 0 Å². The van der Waals surface area contributed by atoms with Crippen LogP contribution in [0.15, 0.2) is 48.7 Å². The Morgan fingerprint density at radius 1 is 1.05 bits per heavy atom. The number of carbonyl (C=O) groups excluding carboxylic acids is 1. The van der Waals surface area contributed by atoms with E-state index >= 15 is 0 Å². The van der Waals surface area contributed by atoms with Crippen molar-refractivity contribution in [3.63, 3.8) is 0 Å². The van der Waals surface area contributed by atoms with Gasteiger partial charge in [0.25, 0.3) is 0 Å². The Labute approximate surface area is 113 Å². The Kier molecular flexibility index (Phi) is 3.65.